The monoisotopic (exact) mass is 367 g/mol. The van der Waals surface area contributed by atoms with Crippen molar-refractivity contribution in [2.75, 3.05) is 39.9 Å². The molecule has 1 saturated heterocycles. The standard InChI is InChI=1S/C22H29N3O2/c1-4-27-21-10-9-20(15-22(21)26-3)16-23-25-13-11-24(12-14-25)17-19-7-5-18(2)6-8-19/h5-10,15-16H,4,11-14,17H2,1-3H3/b23-16+. The average molecular weight is 367 g/mol. The molecule has 0 amide bonds. The molecule has 1 aliphatic rings. The Morgan fingerprint density at radius 2 is 1.74 bits per heavy atom. The van der Waals surface area contributed by atoms with E-state index in [1.807, 2.05) is 31.3 Å². The van der Waals surface area contributed by atoms with Crippen LogP contribution in [0.5, 0.6) is 11.5 Å². The summed E-state index contributed by atoms with van der Waals surface area (Å²) >= 11 is 0. The summed E-state index contributed by atoms with van der Waals surface area (Å²) in [6.45, 7) is 9.65. The first kappa shape index (κ1) is 19.2. The molecule has 5 nitrogen and oxygen atoms in total. The van der Waals surface area contributed by atoms with E-state index in [0.29, 0.717) is 6.61 Å². The summed E-state index contributed by atoms with van der Waals surface area (Å²) in [5.41, 5.74) is 3.69. The highest BCUT2D eigenvalue weighted by atomic mass is 16.5. The molecule has 5 heteroatoms. The Morgan fingerprint density at radius 1 is 1.00 bits per heavy atom. The second-order valence-electron chi connectivity index (χ2n) is 6.80. The Labute approximate surface area is 162 Å². The molecular formula is C22H29N3O2. The largest absolute Gasteiger partial charge is 0.493 e. The Morgan fingerprint density at radius 3 is 2.41 bits per heavy atom. The first-order valence-electron chi connectivity index (χ1n) is 9.55. The van der Waals surface area contributed by atoms with E-state index in [1.165, 1.54) is 11.1 Å². The lowest BCUT2D eigenvalue weighted by atomic mass is 10.1. The van der Waals surface area contributed by atoms with Crippen LogP contribution in [0.1, 0.15) is 23.6 Å². The van der Waals surface area contributed by atoms with Crippen LogP contribution in [0.3, 0.4) is 0 Å². The van der Waals surface area contributed by atoms with Gasteiger partial charge in [0.05, 0.1) is 19.9 Å². The SMILES string of the molecule is CCOc1ccc(/C=N/N2CCN(Cc3ccc(C)cc3)CC2)cc1OC. The number of hydrogen-bond donors (Lipinski definition) is 0. The molecule has 2 aromatic carbocycles. The average Bonchev–Trinajstić information content (AvgIpc) is 2.70. The van der Waals surface area contributed by atoms with Crippen LogP contribution in [0.25, 0.3) is 0 Å². The fraction of sp³-hybridized carbons (Fsp3) is 0.409. The molecule has 2 aromatic rings. The molecule has 0 N–H and O–H groups in total. The van der Waals surface area contributed by atoms with Gasteiger partial charge in [0.1, 0.15) is 0 Å². The van der Waals surface area contributed by atoms with Crippen LogP contribution in [0.15, 0.2) is 47.6 Å². The van der Waals surface area contributed by atoms with Gasteiger partial charge in [0.25, 0.3) is 0 Å². The van der Waals surface area contributed by atoms with E-state index < -0.39 is 0 Å². The van der Waals surface area contributed by atoms with Gasteiger partial charge in [0.15, 0.2) is 11.5 Å². The molecule has 0 spiro atoms. The van der Waals surface area contributed by atoms with Crippen molar-refractivity contribution in [3.8, 4) is 11.5 Å². The van der Waals surface area contributed by atoms with Crippen LogP contribution in [-0.2, 0) is 6.54 Å². The number of methoxy groups -OCH3 is 1. The van der Waals surface area contributed by atoms with Crippen molar-refractivity contribution < 1.29 is 9.47 Å². The van der Waals surface area contributed by atoms with Gasteiger partial charge in [-0.15, -0.1) is 0 Å². The molecule has 0 bridgehead atoms. The van der Waals surface area contributed by atoms with Crippen molar-refractivity contribution in [1.82, 2.24) is 9.91 Å². The fourth-order valence-corrected chi connectivity index (χ4v) is 3.15. The van der Waals surface area contributed by atoms with Crippen LogP contribution < -0.4 is 9.47 Å². The maximum atomic E-state index is 5.56. The van der Waals surface area contributed by atoms with Crippen LogP contribution in [0, 0.1) is 6.92 Å². The highest BCUT2D eigenvalue weighted by molar-refractivity contribution is 5.80. The molecule has 0 atom stereocenters. The smallest absolute Gasteiger partial charge is 0.161 e. The van der Waals surface area contributed by atoms with Crippen molar-refractivity contribution >= 4 is 6.21 Å². The molecule has 3 rings (SSSR count). The van der Waals surface area contributed by atoms with E-state index >= 15 is 0 Å². The van der Waals surface area contributed by atoms with Crippen LogP contribution >= 0.6 is 0 Å². The summed E-state index contributed by atoms with van der Waals surface area (Å²) in [6.07, 6.45) is 1.90. The van der Waals surface area contributed by atoms with Crippen LogP contribution in [0.4, 0.5) is 0 Å². The zero-order chi connectivity index (χ0) is 19.1. The van der Waals surface area contributed by atoms with E-state index in [1.54, 1.807) is 7.11 Å². The highest BCUT2D eigenvalue weighted by Crippen LogP contribution is 2.27. The number of piperazine rings is 1. The maximum absolute atomic E-state index is 5.56. The fourth-order valence-electron chi connectivity index (χ4n) is 3.15. The van der Waals surface area contributed by atoms with E-state index in [4.69, 9.17) is 9.47 Å². The number of rotatable bonds is 7. The van der Waals surface area contributed by atoms with Crippen LogP contribution in [0.2, 0.25) is 0 Å². The minimum Gasteiger partial charge on any atom is -0.493 e. The summed E-state index contributed by atoms with van der Waals surface area (Å²) in [5, 5.41) is 6.78. The number of nitrogens with zero attached hydrogens (tertiary/aromatic N) is 3. The normalized spacial score (nSPS) is 15.3. The van der Waals surface area contributed by atoms with Gasteiger partial charge in [0.2, 0.25) is 0 Å². The van der Waals surface area contributed by atoms with Crippen molar-refractivity contribution in [2.45, 2.75) is 20.4 Å². The maximum Gasteiger partial charge on any atom is 0.161 e. The summed E-state index contributed by atoms with van der Waals surface area (Å²) < 4.78 is 11.0. The van der Waals surface area contributed by atoms with E-state index in [-0.39, 0.29) is 0 Å². The number of hydrazone groups is 1. The van der Waals surface area contributed by atoms with Gasteiger partial charge in [-0.05, 0) is 43.2 Å². The Balaban J connectivity index is 1.52. The Bertz CT molecular complexity index is 751. The molecule has 27 heavy (non-hydrogen) atoms. The van der Waals surface area contributed by atoms with E-state index in [9.17, 15) is 0 Å². The first-order chi connectivity index (χ1) is 13.2. The molecule has 0 saturated carbocycles. The summed E-state index contributed by atoms with van der Waals surface area (Å²) in [7, 11) is 1.66. The number of benzene rings is 2. The summed E-state index contributed by atoms with van der Waals surface area (Å²) in [4.78, 5) is 2.48. The zero-order valence-electron chi connectivity index (χ0n) is 16.5. The van der Waals surface area contributed by atoms with Crippen LogP contribution in [-0.4, -0.2) is 56.0 Å². The predicted molar refractivity (Wildman–Crippen MR) is 110 cm³/mol. The highest BCUT2D eigenvalue weighted by Gasteiger charge is 2.15. The van der Waals surface area contributed by atoms with Gasteiger partial charge in [-0.3, -0.25) is 9.91 Å². The lowest BCUT2D eigenvalue weighted by Gasteiger charge is -2.33. The van der Waals surface area contributed by atoms with Gasteiger partial charge >= 0.3 is 0 Å². The Kier molecular flexibility index (Phi) is 6.71. The Hall–Kier alpha value is -2.53. The second-order valence-corrected chi connectivity index (χ2v) is 6.80. The molecule has 0 unspecified atom stereocenters. The number of aryl methyl sites for hydroxylation is 1. The van der Waals surface area contributed by atoms with E-state index in [0.717, 1.165) is 49.8 Å². The minimum absolute atomic E-state index is 0.622. The second kappa shape index (κ2) is 9.42. The topological polar surface area (TPSA) is 37.3 Å². The quantitative estimate of drug-likeness (QED) is 0.702. The van der Waals surface area contributed by atoms with Crippen molar-refractivity contribution in [2.24, 2.45) is 5.10 Å². The van der Waals surface area contributed by atoms with Crippen molar-refractivity contribution in [3.63, 3.8) is 0 Å². The predicted octanol–water partition coefficient (Wildman–Crippen LogP) is 3.55. The van der Waals surface area contributed by atoms with Gasteiger partial charge < -0.3 is 9.47 Å². The van der Waals surface area contributed by atoms with Gasteiger partial charge in [-0.2, -0.15) is 5.10 Å². The third-order valence-electron chi connectivity index (χ3n) is 4.73. The molecule has 1 fully saturated rings. The van der Waals surface area contributed by atoms with Gasteiger partial charge in [-0.1, -0.05) is 29.8 Å². The van der Waals surface area contributed by atoms with Gasteiger partial charge in [0, 0.05) is 32.7 Å². The zero-order valence-corrected chi connectivity index (χ0v) is 16.5. The third-order valence-corrected chi connectivity index (χ3v) is 4.73. The number of ether oxygens (including phenoxy) is 2. The lowest BCUT2D eigenvalue weighted by Crippen LogP contribution is -2.43. The molecule has 0 aromatic heterocycles. The molecular weight excluding hydrogens is 338 g/mol. The molecule has 1 aliphatic heterocycles. The van der Waals surface area contributed by atoms with E-state index in [2.05, 4.69) is 46.2 Å². The van der Waals surface area contributed by atoms with Gasteiger partial charge in [-0.25, -0.2) is 0 Å². The minimum atomic E-state index is 0.622. The summed E-state index contributed by atoms with van der Waals surface area (Å²) in [6, 6.07) is 14.7. The lowest BCUT2D eigenvalue weighted by molar-refractivity contribution is 0.131. The first-order valence-corrected chi connectivity index (χ1v) is 9.55. The molecule has 144 valence electrons. The number of hydrogen-bond acceptors (Lipinski definition) is 5. The molecule has 1 heterocycles. The molecule has 0 radical (unpaired) electrons. The van der Waals surface area contributed by atoms with Crippen molar-refractivity contribution in [1.29, 1.82) is 0 Å². The third kappa shape index (κ3) is 5.47. The summed E-state index contributed by atoms with van der Waals surface area (Å²) in [5.74, 6) is 1.51. The van der Waals surface area contributed by atoms with Crippen molar-refractivity contribution in [3.05, 3.63) is 59.2 Å². The molecule has 0 aliphatic carbocycles.